The molecule has 0 aliphatic carbocycles. The number of aliphatic carboxylic acids is 1. The molecule has 3 aromatic rings. The maximum absolute atomic E-state index is 13.0. The van der Waals surface area contributed by atoms with Gasteiger partial charge in [0.15, 0.2) is 0 Å². The Kier molecular flexibility index (Phi) is 5.12. The number of hydrogen-bond donors (Lipinski definition) is 1. The quantitative estimate of drug-likeness (QED) is 0.685. The minimum Gasteiger partial charge on any atom is -0.497 e. The molecule has 138 valence electrons. The summed E-state index contributed by atoms with van der Waals surface area (Å²) in [5.41, 5.74) is 3.73. The molecule has 1 heterocycles. The summed E-state index contributed by atoms with van der Waals surface area (Å²) in [6.45, 7) is 3.66. The molecule has 0 saturated carbocycles. The van der Waals surface area contributed by atoms with Crippen LogP contribution in [0.2, 0.25) is 0 Å². The van der Waals surface area contributed by atoms with E-state index in [4.69, 9.17) is 4.74 Å². The molecule has 0 saturated heterocycles. The van der Waals surface area contributed by atoms with Crippen molar-refractivity contribution in [3.05, 3.63) is 71.4 Å². The van der Waals surface area contributed by atoms with Crippen LogP contribution in [-0.2, 0) is 11.2 Å². The Balaban J connectivity index is 2.14. The lowest BCUT2D eigenvalue weighted by atomic mass is 10.1. The van der Waals surface area contributed by atoms with E-state index in [2.05, 4.69) is 0 Å². The maximum atomic E-state index is 13.0. The molecule has 0 aliphatic heterocycles. The molecule has 1 aromatic heterocycles. The van der Waals surface area contributed by atoms with Crippen LogP contribution in [-0.4, -0.2) is 28.7 Å². The zero-order valence-corrected chi connectivity index (χ0v) is 15.5. The molecule has 5 heteroatoms. The fraction of sp³-hybridized carbons (Fsp3) is 0.182. The van der Waals surface area contributed by atoms with E-state index in [-0.39, 0.29) is 12.3 Å². The first-order valence-electron chi connectivity index (χ1n) is 8.60. The van der Waals surface area contributed by atoms with E-state index in [0.717, 1.165) is 11.1 Å². The molecule has 3 rings (SSSR count). The van der Waals surface area contributed by atoms with Crippen molar-refractivity contribution in [2.24, 2.45) is 0 Å². The standard InChI is InChI=1S/C22H21NO4/c1-14(16-7-5-4-6-8-16)11-21(24)23-15(2)18(13-22(25)26)19-12-17(27-3)9-10-20(19)23/h4-12H,13H2,1-3H3,(H,25,26)/b14-11-. The van der Waals surface area contributed by atoms with Crippen molar-refractivity contribution in [1.82, 2.24) is 4.57 Å². The Morgan fingerprint density at radius 3 is 2.48 bits per heavy atom. The third-order valence-electron chi connectivity index (χ3n) is 4.66. The van der Waals surface area contributed by atoms with Crippen molar-refractivity contribution >= 4 is 28.4 Å². The van der Waals surface area contributed by atoms with E-state index in [0.29, 0.717) is 27.9 Å². The van der Waals surface area contributed by atoms with Gasteiger partial charge in [0.05, 0.1) is 19.0 Å². The number of benzene rings is 2. The van der Waals surface area contributed by atoms with E-state index in [1.54, 1.807) is 42.9 Å². The molecule has 2 aromatic carbocycles. The summed E-state index contributed by atoms with van der Waals surface area (Å²) < 4.78 is 6.83. The maximum Gasteiger partial charge on any atom is 0.307 e. The molecule has 1 N–H and O–H groups in total. The lowest BCUT2D eigenvalue weighted by Crippen LogP contribution is -2.11. The van der Waals surface area contributed by atoms with Gasteiger partial charge in [-0.1, -0.05) is 30.3 Å². The number of aromatic nitrogens is 1. The van der Waals surface area contributed by atoms with Gasteiger partial charge < -0.3 is 9.84 Å². The van der Waals surface area contributed by atoms with Crippen molar-refractivity contribution in [3.8, 4) is 5.75 Å². The molecule has 0 spiro atoms. The second-order valence-electron chi connectivity index (χ2n) is 6.38. The van der Waals surface area contributed by atoms with Gasteiger partial charge >= 0.3 is 5.97 Å². The molecule has 0 unspecified atom stereocenters. The average Bonchev–Trinajstić information content (AvgIpc) is 2.93. The summed E-state index contributed by atoms with van der Waals surface area (Å²) in [5, 5.41) is 10.00. The monoisotopic (exact) mass is 363 g/mol. The third kappa shape index (κ3) is 3.62. The van der Waals surface area contributed by atoms with E-state index in [1.165, 1.54) is 0 Å². The average molecular weight is 363 g/mol. The highest BCUT2D eigenvalue weighted by Gasteiger charge is 2.20. The van der Waals surface area contributed by atoms with Gasteiger partial charge in [0.25, 0.3) is 5.91 Å². The number of carboxylic acid groups (broad SMARTS) is 1. The van der Waals surface area contributed by atoms with Crippen molar-refractivity contribution in [1.29, 1.82) is 0 Å². The van der Waals surface area contributed by atoms with Crippen LogP contribution in [0.5, 0.6) is 5.75 Å². The van der Waals surface area contributed by atoms with Gasteiger partial charge in [-0.15, -0.1) is 0 Å². The third-order valence-corrected chi connectivity index (χ3v) is 4.66. The SMILES string of the molecule is COc1ccc2c(c1)c(CC(=O)O)c(C)n2C(=O)/C=C(/C)c1ccccc1. The number of allylic oxidation sites excluding steroid dienone is 2. The van der Waals surface area contributed by atoms with Gasteiger partial charge in [-0.05, 0) is 48.7 Å². The molecule has 0 atom stereocenters. The van der Waals surface area contributed by atoms with Gasteiger partial charge in [0.1, 0.15) is 5.75 Å². The zero-order valence-electron chi connectivity index (χ0n) is 15.5. The summed E-state index contributed by atoms with van der Waals surface area (Å²) >= 11 is 0. The van der Waals surface area contributed by atoms with E-state index >= 15 is 0 Å². The zero-order chi connectivity index (χ0) is 19.6. The van der Waals surface area contributed by atoms with E-state index in [1.807, 2.05) is 37.3 Å². The normalized spacial score (nSPS) is 11.6. The highest BCUT2D eigenvalue weighted by atomic mass is 16.5. The smallest absolute Gasteiger partial charge is 0.307 e. The number of ether oxygens (including phenoxy) is 1. The number of nitrogens with zero attached hydrogens (tertiary/aromatic N) is 1. The minimum atomic E-state index is -0.941. The molecule has 5 nitrogen and oxygen atoms in total. The summed E-state index contributed by atoms with van der Waals surface area (Å²) in [6, 6.07) is 15.0. The summed E-state index contributed by atoms with van der Waals surface area (Å²) in [7, 11) is 1.55. The molecular formula is C22H21NO4. The predicted octanol–water partition coefficient (Wildman–Crippen LogP) is 4.33. The van der Waals surface area contributed by atoms with Crippen molar-refractivity contribution in [2.45, 2.75) is 20.3 Å². The lowest BCUT2D eigenvalue weighted by Gasteiger charge is -2.06. The summed E-state index contributed by atoms with van der Waals surface area (Å²) in [4.78, 5) is 24.3. The Bertz CT molecular complexity index is 1050. The number of carbonyl (C=O) groups is 2. The van der Waals surface area contributed by atoms with Gasteiger partial charge in [-0.3, -0.25) is 14.2 Å². The number of carboxylic acids is 1. The van der Waals surface area contributed by atoms with Crippen LogP contribution in [0.15, 0.2) is 54.6 Å². The van der Waals surface area contributed by atoms with Crippen molar-refractivity contribution in [3.63, 3.8) is 0 Å². The minimum absolute atomic E-state index is 0.156. The number of hydrogen-bond acceptors (Lipinski definition) is 3. The van der Waals surface area contributed by atoms with Crippen LogP contribution in [0.25, 0.3) is 16.5 Å². The number of carbonyl (C=O) groups excluding carboxylic acids is 1. The van der Waals surface area contributed by atoms with Crippen molar-refractivity contribution < 1.29 is 19.4 Å². The van der Waals surface area contributed by atoms with Gasteiger partial charge in [-0.25, -0.2) is 0 Å². The number of rotatable bonds is 5. The van der Waals surface area contributed by atoms with Crippen LogP contribution < -0.4 is 4.74 Å². The Hall–Kier alpha value is -3.34. The largest absolute Gasteiger partial charge is 0.497 e. The number of methoxy groups -OCH3 is 1. The topological polar surface area (TPSA) is 68.5 Å². The lowest BCUT2D eigenvalue weighted by molar-refractivity contribution is -0.136. The number of fused-ring (bicyclic) bond motifs is 1. The molecule has 0 aliphatic rings. The van der Waals surface area contributed by atoms with Crippen LogP contribution >= 0.6 is 0 Å². The molecule has 0 radical (unpaired) electrons. The summed E-state index contributed by atoms with van der Waals surface area (Å²) in [5.74, 6) is -0.529. The van der Waals surface area contributed by atoms with Crippen LogP contribution in [0.1, 0.15) is 28.5 Å². The highest BCUT2D eigenvalue weighted by molar-refractivity contribution is 6.04. The molecule has 0 bridgehead atoms. The fourth-order valence-electron chi connectivity index (χ4n) is 3.28. The van der Waals surface area contributed by atoms with Crippen LogP contribution in [0, 0.1) is 6.92 Å². The van der Waals surface area contributed by atoms with Crippen LogP contribution in [0.4, 0.5) is 0 Å². The second-order valence-corrected chi connectivity index (χ2v) is 6.38. The molecular weight excluding hydrogens is 342 g/mol. The van der Waals surface area contributed by atoms with Gasteiger partial charge in [0, 0.05) is 17.2 Å². The first-order chi connectivity index (χ1) is 12.9. The predicted molar refractivity (Wildman–Crippen MR) is 105 cm³/mol. The fourth-order valence-corrected chi connectivity index (χ4v) is 3.28. The first kappa shape index (κ1) is 18.5. The van der Waals surface area contributed by atoms with Crippen LogP contribution in [0.3, 0.4) is 0 Å². The molecule has 0 amide bonds. The van der Waals surface area contributed by atoms with Gasteiger partial charge in [-0.2, -0.15) is 0 Å². The second kappa shape index (κ2) is 7.50. The Labute approximate surface area is 157 Å². The van der Waals surface area contributed by atoms with E-state index in [9.17, 15) is 14.7 Å². The molecule has 0 fully saturated rings. The van der Waals surface area contributed by atoms with Crippen molar-refractivity contribution in [2.75, 3.05) is 7.11 Å². The Morgan fingerprint density at radius 2 is 1.85 bits per heavy atom. The van der Waals surface area contributed by atoms with Gasteiger partial charge in [0.2, 0.25) is 0 Å². The molecule has 27 heavy (non-hydrogen) atoms. The first-order valence-corrected chi connectivity index (χ1v) is 8.60. The highest BCUT2D eigenvalue weighted by Crippen LogP contribution is 2.30. The van der Waals surface area contributed by atoms with E-state index < -0.39 is 5.97 Å². The Morgan fingerprint density at radius 1 is 1.15 bits per heavy atom. The summed E-state index contributed by atoms with van der Waals surface area (Å²) in [6.07, 6.45) is 1.42.